The average molecular weight is 407 g/mol. The van der Waals surface area contributed by atoms with E-state index in [0.717, 1.165) is 18.4 Å². The highest BCUT2D eigenvalue weighted by atomic mass is 16.5. The first-order valence-electron chi connectivity index (χ1n) is 10.3. The maximum Gasteiger partial charge on any atom is 0.204 e. The number of hydrogen-bond donors (Lipinski definition) is 2. The van der Waals surface area contributed by atoms with Gasteiger partial charge in [-0.25, -0.2) is 0 Å². The standard InChI is InChI=1S/C24H38O5/c1-15(2)13-19(25)14-17(4)10-8-9-16(3)11-12-20-18(5)21(26)23(28-6)24(29-7)22(20)27/h10-11,13,18-20,22,25,27H,8-9,12,14H2,1-7H3/b16-11+,17-10+/t18-,19?,20-,22-/m1/s1. The highest BCUT2D eigenvalue weighted by Gasteiger charge is 2.42. The molecule has 1 rings (SSSR count). The van der Waals surface area contributed by atoms with Gasteiger partial charge in [-0.3, -0.25) is 4.79 Å². The minimum atomic E-state index is -0.856. The molecule has 0 aromatic rings. The second-order valence-corrected chi connectivity index (χ2v) is 8.25. The summed E-state index contributed by atoms with van der Waals surface area (Å²) < 4.78 is 10.4. The van der Waals surface area contributed by atoms with Crippen LogP contribution in [0.3, 0.4) is 0 Å². The Morgan fingerprint density at radius 2 is 1.76 bits per heavy atom. The zero-order chi connectivity index (χ0) is 22.1. The van der Waals surface area contributed by atoms with Gasteiger partial charge in [0, 0.05) is 11.8 Å². The molecule has 4 atom stereocenters. The number of carbonyl (C=O) groups excluding carboxylic acids is 1. The molecule has 0 bridgehead atoms. The van der Waals surface area contributed by atoms with Crippen molar-refractivity contribution in [1.82, 2.24) is 0 Å². The van der Waals surface area contributed by atoms with Gasteiger partial charge < -0.3 is 19.7 Å². The highest BCUT2D eigenvalue weighted by molar-refractivity contribution is 5.97. The van der Waals surface area contributed by atoms with E-state index in [9.17, 15) is 15.0 Å². The Kier molecular flexibility index (Phi) is 10.4. The van der Waals surface area contributed by atoms with Gasteiger partial charge >= 0.3 is 0 Å². The summed E-state index contributed by atoms with van der Waals surface area (Å²) in [5.41, 5.74) is 3.50. The SMILES string of the molecule is COC1=C(OC)[C@H](O)[C@H](C/C=C(\C)CC/C=C(\C)CC(O)C=C(C)C)[C@@H](C)C1=O. The molecular weight excluding hydrogens is 368 g/mol. The molecule has 0 aromatic heterocycles. The molecule has 164 valence electrons. The Morgan fingerprint density at radius 1 is 1.10 bits per heavy atom. The lowest BCUT2D eigenvalue weighted by Crippen LogP contribution is -2.40. The van der Waals surface area contributed by atoms with E-state index in [0.29, 0.717) is 12.8 Å². The first-order chi connectivity index (χ1) is 13.6. The van der Waals surface area contributed by atoms with Crippen molar-refractivity contribution in [2.24, 2.45) is 11.8 Å². The molecule has 1 aliphatic carbocycles. The van der Waals surface area contributed by atoms with Gasteiger partial charge in [0.15, 0.2) is 5.76 Å². The van der Waals surface area contributed by atoms with Gasteiger partial charge in [-0.05, 0) is 53.4 Å². The summed E-state index contributed by atoms with van der Waals surface area (Å²) in [5, 5.41) is 20.6. The van der Waals surface area contributed by atoms with Crippen LogP contribution in [-0.2, 0) is 14.3 Å². The molecule has 5 nitrogen and oxygen atoms in total. The van der Waals surface area contributed by atoms with Crippen molar-refractivity contribution in [2.75, 3.05) is 14.2 Å². The third kappa shape index (κ3) is 7.48. The molecule has 5 heteroatoms. The summed E-state index contributed by atoms with van der Waals surface area (Å²) in [6.45, 7) is 9.90. The van der Waals surface area contributed by atoms with Crippen LogP contribution in [0.25, 0.3) is 0 Å². The number of allylic oxidation sites excluding steroid dienone is 5. The molecule has 0 spiro atoms. The molecule has 0 saturated carbocycles. The Morgan fingerprint density at radius 3 is 2.31 bits per heavy atom. The van der Waals surface area contributed by atoms with E-state index in [1.807, 2.05) is 33.8 Å². The Bertz CT molecular complexity index is 679. The van der Waals surface area contributed by atoms with Gasteiger partial charge in [-0.1, -0.05) is 41.9 Å². The third-order valence-corrected chi connectivity index (χ3v) is 5.43. The Hall–Kier alpha value is -1.85. The van der Waals surface area contributed by atoms with Gasteiger partial charge in [-0.15, -0.1) is 0 Å². The number of carbonyl (C=O) groups is 1. The van der Waals surface area contributed by atoms with E-state index >= 15 is 0 Å². The molecule has 0 heterocycles. The summed E-state index contributed by atoms with van der Waals surface area (Å²) >= 11 is 0. The number of ether oxygens (including phenoxy) is 2. The third-order valence-electron chi connectivity index (χ3n) is 5.43. The van der Waals surface area contributed by atoms with Crippen LogP contribution in [0.15, 0.2) is 46.5 Å². The Balaban J connectivity index is 2.67. The topological polar surface area (TPSA) is 76.0 Å². The predicted octanol–water partition coefficient (Wildman–Crippen LogP) is 4.47. The fourth-order valence-electron chi connectivity index (χ4n) is 3.71. The number of methoxy groups -OCH3 is 2. The molecular formula is C24H38O5. The second kappa shape index (κ2) is 12.0. The van der Waals surface area contributed by atoms with Gasteiger partial charge in [0.25, 0.3) is 0 Å². The summed E-state index contributed by atoms with van der Waals surface area (Å²) in [4.78, 5) is 12.5. The van der Waals surface area contributed by atoms with Crippen LogP contribution in [0.4, 0.5) is 0 Å². The van der Waals surface area contributed by atoms with Crippen molar-refractivity contribution < 1.29 is 24.5 Å². The number of ketones is 1. The highest BCUT2D eigenvalue weighted by Crippen LogP contribution is 2.35. The molecule has 1 aliphatic rings. The number of rotatable bonds is 10. The number of hydrogen-bond acceptors (Lipinski definition) is 5. The van der Waals surface area contributed by atoms with Gasteiger partial charge in [0.2, 0.25) is 11.5 Å². The lowest BCUT2D eigenvalue weighted by Gasteiger charge is -2.33. The van der Waals surface area contributed by atoms with E-state index in [1.54, 1.807) is 0 Å². The zero-order valence-corrected chi connectivity index (χ0v) is 19.0. The van der Waals surface area contributed by atoms with Gasteiger partial charge in [-0.2, -0.15) is 0 Å². The van der Waals surface area contributed by atoms with Crippen molar-refractivity contribution >= 4 is 5.78 Å². The Labute approximate surface area is 175 Å². The van der Waals surface area contributed by atoms with Crippen LogP contribution < -0.4 is 0 Å². The zero-order valence-electron chi connectivity index (χ0n) is 19.0. The van der Waals surface area contributed by atoms with E-state index < -0.39 is 12.2 Å². The lowest BCUT2D eigenvalue weighted by atomic mass is 9.77. The van der Waals surface area contributed by atoms with Crippen molar-refractivity contribution in [3.63, 3.8) is 0 Å². The molecule has 0 radical (unpaired) electrons. The van der Waals surface area contributed by atoms with Crippen LogP contribution in [0.2, 0.25) is 0 Å². The average Bonchev–Trinajstić information content (AvgIpc) is 2.63. The minimum Gasteiger partial charge on any atom is -0.494 e. The molecule has 0 fully saturated rings. The van der Waals surface area contributed by atoms with Crippen LogP contribution in [-0.4, -0.2) is 42.4 Å². The second-order valence-electron chi connectivity index (χ2n) is 8.25. The van der Waals surface area contributed by atoms with E-state index in [4.69, 9.17) is 9.47 Å². The number of aliphatic hydroxyl groups excluding tert-OH is 2. The normalized spacial score (nSPS) is 24.4. The van der Waals surface area contributed by atoms with E-state index in [-0.39, 0.29) is 29.1 Å². The molecule has 1 unspecified atom stereocenters. The first kappa shape index (κ1) is 25.2. The predicted molar refractivity (Wildman–Crippen MR) is 116 cm³/mol. The fraction of sp³-hybridized carbons (Fsp3) is 0.625. The molecule has 0 aliphatic heterocycles. The lowest BCUT2D eigenvalue weighted by molar-refractivity contribution is -0.128. The molecule has 29 heavy (non-hydrogen) atoms. The molecule has 2 N–H and O–H groups in total. The minimum absolute atomic E-state index is 0.125. The quantitative estimate of drug-likeness (QED) is 0.524. The molecule has 0 aromatic carbocycles. The molecule has 0 amide bonds. The summed E-state index contributed by atoms with van der Waals surface area (Å²) in [6.07, 6.45) is 7.90. The van der Waals surface area contributed by atoms with Crippen molar-refractivity contribution in [3.05, 3.63) is 46.5 Å². The van der Waals surface area contributed by atoms with Crippen LogP contribution in [0, 0.1) is 11.8 Å². The van der Waals surface area contributed by atoms with E-state index in [1.165, 1.54) is 25.4 Å². The monoisotopic (exact) mass is 406 g/mol. The van der Waals surface area contributed by atoms with Crippen LogP contribution in [0.1, 0.15) is 60.3 Å². The summed E-state index contributed by atoms with van der Waals surface area (Å²) in [6, 6.07) is 0. The van der Waals surface area contributed by atoms with Gasteiger partial charge in [0.05, 0.1) is 20.3 Å². The maximum absolute atomic E-state index is 12.5. The summed E-state index contributed by atoms with van der Waals surface area (Å²) in [5.74, 6) is -0.343. The molecule has 0 saturated heterocycles. The van der Waals surface area contributed by atoms with E-state index in [2.05, 4.69) is 19.1 Å². The smallest absolute Gasteiger partial charge is 0.204 e. The van der Waals surface area contributed by atoms with Crippen LogP contribution >= 0.6 is 0 Å². The van der Waals surface area contributed by atoms with Gasteiger partial charge in [0.1, 0.15) is 6.10 Å². The first-order valence-corrected chi connectivity index (χ1v) is 10.3. The van der Waals surface area contributed by atoms with Crippen molar-refractivity contribution in [3.8, 4) is 0 Å². The van der Waals surface area contributed by atoms with Crippen molar-refractivity contribution in [1.29, 1.82) is 0 Å². The van der Waals surface area contributed by atoms with Crippen LogP contribution in [0.5, 0.6) is 0 Å². The largest absolute Gasteiger partial charge is 0.494 e. The number of aliphatic hydroxyl groups is 2. The number of Topliss-reactive ketones (excluding diaryl/α,β-unsaturated/α-hetero) is 1. The fourth-order valence-corrected chi connectivity index (χ4v) is 3.71. The maximum atomic E-state index is 12.5. The van der Waals surface area contributed by atoms with Crippen molar-refractivity contribution in [2.45, 2.75) is 72.5 Å². The summed E-state index contributed by atoms with van der Waals surface area (Å²) in [7, 11) is 2.87.